The second-order valence-electron chi connectivity index (χ2n) is 5.29. The van der Waals surface area contributed by atoms with Crippen molar-refractivity contribution >= 4 is 5.91 Å². The molecule has 1 saturated carbocycles. The molecule has 0 radical (unpaired) electrons. The van der Waals surface area contributed by atoms with Crippen molar-refractivity contribution in [1.29, 1.82) is 0 Å². The van der Waals surface area contributed by atoms with E-state index in [0.29, 0.717) is 18.3 Å². The highest BCUT2D eigenvalue weighted by Crippen LogP contribution is 2.18. The predicted molar refractivity (Wildman–Crippen MR) is 77.2 cm³/mol. The maximum Gasteiger partial charge on any atom is 0.260 e. The van der Waals surface area contributed by atoms with Crippen LogP contribution in [-0.2, 0) is 11.3 Å². The van der Waals surface area contributed by atoms with Crippen molar-refractivity contribution in [3.05, 3.63) is 24.0 Å². The molecule has 20 heavy (non-hydrogen) atoms. The van der Waals surface area contributed by atoms with Crippen LogP contribution in [0.25, 0.3) is 0 Å². The first-order chi connectivity index (χ1) is 9.69. The molecular formula is C15H23N3O2. The number of amides is 1. The van der Waals surface area contributed by atoms with Crippen molar-refractivity contribution in [3.8, 4) is 5.75 Å². The largest absolute Gasteiger partial charge is 0.479 e. The Morgan fingerprint density at radius 2 is 2.20 bits per heavy atom. The van der Waals surface area contributed by atoms with E-state index in [2.05, 4.69) is 10.3 Å². The Bertz CT molecular complexity index is 427. The summed E-state index contributed by atoms with van der Waals surface area (Å²) in [6, 6.07) is 3.90. The van der Waals surface area contributed by atoms with Gasteiger partial charge < -0.3 is 15.8 Å². The summed E-state index contributed by atoms with van der Waals surface area (Å²) >= 11 is 0. The number of hydrogen-bond donors (Lipinski definition) is 2. The number of pyridine rings is 1. The molecule has 1 atom stereocenters. The highest BCUT2D eigenvalue weighted by atomic mass is 16.5. The van der Waals surface area contributed by atoms with Gasteiger partial charge in [0.1, 0.15) is 5.75 Å². The average molecular weight is 277 g/mol. The Morgan fingerprint density at radius 1 is 1.45 bits per heavy atom. The van der Waals surface area contributed by atoms with Gasteiger partial charge in [-0.25, -0.2) is 0 Å². The van der Waals surface area contributed by atoms with Gasteiger partial charge in [0.05, 0.1) is 11.9 Å². The summed E-state index contributed by atoms with van der Waals surface area (Å²) < 4.78 is 5.60. The minimum atomic E-state index is -0.512. The fraction of sp³-hybridized carbons (Fsp3) is 0.600. The second-order valence-corrected chi connectivity index (χ2v) is 5.29. The van der Waals surface area contributed by atoms with Crippen LogP contribution in [0.4, 0.5) is 0 Å². The molecule has 5 nitrogen and oxygen atoms in total. The summed E-state index contributed by atoms with van der Waals surface area (Å²) in [5.41, 5.74) is 6.29. The number of carbonyl (C=O) groups is 1. The second kappa shape index (κ2) is 7.24. The Hall–Kier alpha value is -1.62. The van der Waals surface area contributed by atoms with Crippen LogP contribution in [0.2, 0.25) is 0 Å². The number of nitrogens with zero attached hydrogens (tertiary/aromatic N) is 1. The third kappa shape index (κ3) is 4.20. The number of nitrogens with one attached hydrogen (secondary N) is 1. The van der Waals surface area contributed by atoms with E-state index in [4.69, 9.17) is 10.5 Å². The third-order valence-corrected chi connectivity index (χ3v) is 3.64. The van der Waals surface area contributed by atoms with Crippen LogP contribution in [-0.4, -0.2) is 23.0 Å². The zero-order valence-corrected chi connectivity index (χ0v) is 12.0. The summed E-state index contributed by atoms with van der Waals surface area (Å²) in [6.45, 7) is 2.16. The van der Waals surface area contributed by atoms with Crippen LogP contribution in [0, 0.1) is 0 Å². The average Bonchev–Trinajstić information content (AvgIpc) is 2.49. The smallest absolute Gasteiger partial charge is 0.260 e. The first-order valence-electron chi connectivity index (χ1n) is 7.31. The van der Waals surface area contributed by atoms with Gasteiger partial charge in [0, 0.05) is 12.6 Å². The lowest BCUT2D eigenvalue weighted by atomic mass is 9.95. The van der Waals surface area contributed by atoms with Crippen LogP contribution < -0.4 is 15.8 Å². The summed E-state index contributed by atoms with van der Waals surface area (Å²) in [5, 5.41) is 3.06. The minimum absolute atomic E-state index is 0.0557. The van der Waals surface area contributed by atoms with E-state index < -0.39 is 6.10 Å². The Labute approximate surface area is 119 Å². The highest BCUT2D eigenvalue weighted by molar-refractivity contribution is 5.81. The molecule has 0 bridgehead atoms. The van der Waals surface area contributed by atoms with Gasteiger partial charge in [-0.15, -0.1) is 0 Å². The Balaban J connectivity index is 1.83. The molecule has 110 valence electrons. The minimum Gasteiger partial charge on any atom is -0.479 e. The number of nitrogens with two attached hydrogens (primary N) is 1. The van der Waals surface area contributed by atoms with Gasteiger partial charge in [0.15, 0.2) is 6.10 Å². The third-order valence-electron chi connectivity index (χ3n) is 3.64. The van der Waals surface area contributed by atoms with Crippen LogP contribution in [0.1, 0.15) is 44.7 Å². The fourth-order valence-electron chi connectivity index (χ4n) is 2.42. The van der Waals surface area contributed by atoms with E-state index in [1.54, 1.807) is 25.3 Å². The van der Waals surface area contributed by atoms with E-state index in [9.17, 15) is 4.79 Å². The van der Waals surface area contributed by atoms with E-state index in [0.717, 1.165) is 18.5 Å². The van der Waals surface area contributed by atoms with Crippen molar-refractivity contribution < 1.29 is 9.53 Å². The lowest BCUT2D eigenvalue weighted by molar-refractivity contribution is -0.128. The molecule has 0 spiro atoms. The Kier molecular flexibility index (Phi) is 5.35. The molecule has 1 aliphatic carbocycles. The molecule has 2 rings (SSSR count). The summed E-state index contributed by atoms with van der Waals surface area (Å²) in [7, 11) is 0. The molecule has 1 aromatic rings. The van der Waals surface area contributed by atoms with Gasteiger partial charge in [0.2, 0.25) is 0 Å². The lowest BCUT2D eigenvalue weighted by Crippen LogP contribution is -2.43. The summed E-state index contributed by atoms with van der Waals surface area (Å²) in [6.07, 6.45) is 6.91. The first kappa shape index (κ1) is 14.8. The molecule has 0 aromatic carbocycles. The standard InChI is InChI=1S/C15H23N3O2/c1-11(15(19)18-12-5-3-2-4-6-12)20-14-8-7-13(9-16)17-10-14/h7-8,10-12H,2-6,9,16H2,1H3,(H,18,19). The van der Waals surface area contributed by atoms with Gasteiger partial charge in [-0.05, 0) is 31.9 Å². The summed E-state index contributed by atoms with van der Waals surface area (Å²) in [4.78, 5) is 16.2. The number of hydrogen-bond acceptors (Lipinski definition) is 4. The van der Waals surface area contributed by atoms with Crippen LogP contribution in [0.3, 0.4) is 0 Å². The van der Waals surface area contributed by atoms with Crippen LogP contribution in [0.15, 0.2) is 18.3 Å². The molecule has 1 aromatic heterocycles. The quantitative estimate of drug-likeness (QED) is 0.859. The molecule has 5 heteroatoms. The molecule has 1 unspecified atom stereocenters. The lowest BCUT2D eigenvalue weighted by Gasteiger charge is -2.24. The predicted octanol–water partition coefficient (Wildman–Crippen LogP) is 1.76. The number of aromatic nitrogens is 1. The maximum absolute atomic E-state index is 12.1. The molecule has 0 saturated heterocycles. The van der Waals surface area contributed by atoms with Crippen molar-refractivity contribution in [3.63, 3.8) is 0 Å². The van der Waals surface area contributed by atoms with Crippen LogP contribution >= 0.6 is 0 Å². The molecular weight excluding hydrogens is 254 g/mol. The van der Waals surface area contributed by atoms with Crippen molar-refractivity contribution in [1.82, 2.24) is 10.3 Å². The SMILES string of the molecule is CC(Oc1ccc(CN)nc1)C(=O)NC1CCCCC1. The van der Waals surface area contributed by atoms with E-state index in [-0.39, 0.29) is 5.91 Å². The van der Waals surface area contributed by atoms with Gasteiger partial charge in [-0.3, -0.25) is 9.78 Å². The molecule has 0 aliphatic heterocycles. The van der Waals surface area contributed by atoms with Gasteiger partial charge in [-0.2, -0.15) is 0 Å². The van der Waals surface area contributed by atoms with Crippen molar-refractivity contribution in [2.45, 2.75) is 57.7 Å². The zero-order valence-electron chi connectivity index (χ0n) is 12.0. The molecule has 1 fully saturated rings. The molecule has 1 aliphatic rings. The van der Waals surface area contributed by atoms with Gasteiger partial charge >= 0.3 is 0 Å². The Morgan fingerprint density at radius 3 is 2.80 bits per heavy atom. The van der Waals surface area contributed by atoms with Gasteiger partial charge in [-0.1, -0.05) is 19.3 Å². The number of rotatable bonds is 5. The zero-order chi connectivity index (χ0) is 14.4. The van der Waals surface area contributed by atoms with Crippen LogP contribution in [0.5, 0.6) is 5.75 Å². The number of carbonyl (C=O) groups excluding carboxylic acids is 1. The molecule has 1 amide bonds. The van der Waals surface area contributed by atoms with Crippen molar-refractivity contribution in [2.24, 2.45) is 5.73 Å². The fourth-order valence-corrected chi connectivity index (χ4v) is 2.42. The normalized spacial score (nSPS) is 17.5. The summed E-state index contributed by atoms with van der Waals surface area (Å²) in [5.74, 6) is 0.535. The molecule has 1 heterocycles. The van der Waals surface area contributed by atoms with Crippen molar-refractivity contribution in [2.75, 3.05) is 0 Å². The highest BCUT2D eigenvalue weighted by Gasteiger charge is 2.20. The topological polar surface area (TPSA) is 77.2 Å². The number of ether oxygens (including phenoxy) is 1. The first-order valence-corrected chi connectivity index (χ1v) is 7.31. The van der Waals surface area contributed by atoms with E-state index in [1.165, 1.54) is 19.3 Å². The van der Waals surface area contributed by atoms with E-state index >= 15 is 0 Å². The molecule has 3 N–H and O–H groups in total. The maximum atomic E-state index is 12.1. The monoisotopic (exact) mass is 277 g/mol. The van der Waals surface area contributed by atoms with Gasteiger partial charge in [0.25, 0.3) is 5.91 Å². The van der Waals surface area contributed by atoms with E-state index in [1.807, 2.05) is 0 Å².